The minimum absolute atomic E-state index is 0.126. The maximum Gasteiger partial charge on any atom is 0.0992 e. The average Bonchev–Trinajstić information content (AvgIpc) is 2.73. The van der Waals surface area contributed by atoms with Crippen molar-refractivity contribution in [2.24, 2.45) is 0 Å². The second-order valence-corrected chi connectivity index (χ2v) is 12.4. The molecule has 0 radical (unpaired) electrons. The Morgan fingerprint density at radius 1 is 0.714 bits per heavy atom. The predicted octanol–water partition coefficient (Wildman–Crippen LogP) is 6.74. The standard InChI is InChI=1S/C27H34P/c1-5-6-21-28(25-13-9-7-10-14-25,26-15-11-8-12-16-26)22-27(3,4)24-19-17-23(2)18-20-24/h7-20H,5-6,21-22H2,1-4H3/q+1. The first-order chi connectivity index (χ1) is 13.5. The molecule has 0 fully saturated rings. The van der Waals surface area contributed by atoms with Crippen molar-refractivity contribution in [1.82, 2.24) is 0 Å². The van der Waals surface area contributed by atoms with Gasteiger partial charge in [-0.25, -0.2) is 0 Å². The number of benzene rings is 3. The summed E-state index contributed by atoms with van der Waals surface area (Å²) in [4.78, 5) is 0. The molecule has 1 heteroatoms. The second kappa shape index (κ2) is 9.06. The van der Waals surface area contributed by atoms with Crippen molar-refractivity contribution >= 4 is 17.9 Å². The van der Waals surface area contributed by atoms with E-state index in [0.29, 0.717) is 0 Å². The summed E-state index contributed by atoms with van der Waals surface area (Å²) in [5.41, 5.74) is 2.91. The Bertz CT molecular complexity index is 808. The molecule has 0 bridgehead atoms. The van der Waals surface area contributed by atoms with Gasteiger partial charge in [-0.3, -0.25) is 0 Å². The highest BCUT2D eigenvalue weighted by molar-refractivity contribution is 7.89. The zero-order chi connectivity index (χ0) is 20.0. The van der Waals surface area contributed by atoms with E-state index >= 15 is 0 Å². The van der Waals surface area contributed by atoms with Crippen LogP contribution in [0, 0.1) is 6.92 Å². The highest BCUT2D eigenvalue weighted by Gasteiger charge is 2.46. The van der Waals surface area contributed by atoms with E-state index in [1.165, 1.54) is 36.3 Å². The molecule has 0 amide bonds. The zero-order valence-electron chi connectivity index (χ0n) is 17.9. The van der Waals surface area contributed by atoms with E-state index in [0.717, 1.165) is 0 Å². The fraction of sp³-hybridized carbons (Fsp3) is 0.333. The van der Waals surface area contributed by atoms with Crippen LogP contribution in [0.5, 0.6) is 0 Å². The molecule has 28 heavy (non-hydrogen) atoms. The smallest absolute Gasteiger partial charge is 0.0652 e. The van der Waals surface area contributed by atoms with Crippen LogP contribution in [0.15, 0.2) is 84.9 Å². The topological polar surface area (TPSA) is 0 Å². The van der Waals surface area contributed by atoms with Gasteiger partial charge in [0.05, 0.1) is 30.2 Å². The molecule has 0 heterocycles. The highest BCUT2D eigenvalue weighted by Crippen LogP contribution is 2.60. The van der Waals surface area contributed by atoms with Gasteiger partial charge in [-0.2, -0.15) is 0 Å². The summed E-state index contributed by atoms with van der Waals surface area (Å²) in [6.45, 7) is 9.35. The third-order valence-corrected chi connectivity index (χ3v) is 10.9. The van der Waals surface area contributed by atoms with Crippen LogP contribution in [0.1, 0.15) is 44.7 Å². The first kappa shape index (κ1) is 20.8. The molecule has 0 aromatic heterocycles. The van der Waals surface area contributed by atoms with Gasteiger partial charge >= 0.3 is 0 Å². The molecule has 3 aromatic rings. The van der Waals surface area contributed by atoms with Crippen molar-refractivity contribution in [3.05, 3.63) is 96.1 Å². The average molecular weight is 390 g/mol. The van der Waals surface area contributed by atoms with Gasteiger partial charge in [0.2, 0.25) is 0 Å². The lowest BCUT2D eigenvalue weighted by Gasteiger charge is -2.35. The van der Waals surface area contributed by atoms with E-state index in [4.69, 9.17) is 0 Å². The summed E-state index contributed by atoms with van der Waals surface area (Å²) in [5.74, 6) is 0. The third-order valence-electron chi connectivity index (χ3n) is 5.89. The SMILES string of the molecule is CCCC[P+](CC(C)(C)c1ccc(C)cc1)(c1ccccc1)c1ccccc1. The highest BCUT2D eigenvalue weighted by atomic mass is 31.2. The minimum Gasteiger partial charge on any atom is -0.0652 e. The lowest BCUT2D eigenvalue weighted by atomic mass is 9.86. The first-order valence-corrected chi connectivity index (χ1v) is 12.7. The van der Waals surface area contributed by atoms with Crippen LogP contribution in [-0.4, -0.2) is 12.3 Å². The van der Waals surface area contributed by atoms with Gasteiger partial charge in [0.25, 0.3) is 0 Å². The second-order valence-electron chi connectivity index (χ2n) is 8.62. The summed E-state index contributed by atoms with van der Waals surface area (Å²) >= 11 is 0. The number of hydrogen-bond donors (Lipinski definition) is 0. The van der Waals surface area contributed by atoms with E-state index in [1.807, 2.05) is 0 Å². The number of rotatable bonds is 8. The molecule has 0 atom stereocenters. The molecule has 0 saturated carbocycles. The van der Waals surface area contributed by atoms with Crippen LogP contribution in [0.25, 0.3) is 0 Å². The van der Waals surface area contributed by atoms with Gasteiger partial charge in [-0.1, -0.05) is 93.4 Å². The maximum atomic E-state index is 2.43. The van der Waals surface area contributed by atoms with Crippen molar-refractivity contribution in [2.75, 3.05) is 12.3 Å². The van der Waals surface area contributed by atoms with Gasteiger partial charge in [-0.15, -0.1) is 0 Å². The maximum absolute atomic E-state index is 2.43. The largest absolute Gasteiger partial charge is 0.0992 e. The minimum atomic E-state index is -1.52. The van der Waals surface area contributed by atoms with Gasteiger partial charge < -0.3 is 0 Å². The number of unbranched alkanes of at least 4 members (excludes halogenated alkanes) is 1. The Labute approximate surface area is 172 Å². The summed E-state index contributed by atoms with van der Waals surface area (Å²) < 4.78 is 0. The Kier molecular flexibility index (Phi) is 6.73. The molecule has 0 aliphatic carbocycles. The predicted molar refractivity (Wildman–Crippen MR) is 128 cm³/mol. The van der Waals surface area contributed by atoms with Gasteiger partial charge in [-0.05, 0) is 43.2 Å². The molecule has 0 unspecified atom stereocenters. The van der Waals surface area contributed by atoms with Crippen LogP contribution in [0.4, 0.5) is 0 Å². The summed E-state index contributed by atoms with van der Waals surface area (Å²) in [5, 5.41) is 3.10. The monoisotopic (exact) mass is 389 g/mol. The Balaban J connectivity index is 2.13. The van der Waals surface area contributed by atoms with Crippen molar-refractivity contribution in [3.63, 3.8) is 0 Å². The van der Waals surface area contributed by atoms with Crippen LogP contribution < -0.4 is 10.6 Å². The van der Waals surface area contributed by atoms with Crippen molar-refractivity contribution < 1.29 is 0 Å². The quantitative estimate of drug-likeness (QED) is 0.374. The van der Waals surface area contributed by atoms with Crippen LogP contribution in [0.2, 0.25) is 0 Å². The molecule has 0 aliphatic rings. The Hall–Kier alpha value is -1.91. The molecule has 0 spiro atoms. The molecule has 3 rings (SSSR count). The fourth-order valence-electron chi connectivity index (χ4n) is 4.29. The van der Waals surface area contributed by atoms with E-state index in [9.17, 15) is 0 Å². The van der Waals surface area contributed by atoms with E-state index < -0.39 is 7.26 Å². The van der Waals surface area contributed by atoms with Gasteiger partial charge in [0, 0.05) is 5.41 Å². The molecular weight excluding hydrogens is 355 g/mol. The van der Waals surface area contributed by atoms with Gasteiger partial charge in [0.15, 0.2) is 0 Å². The van der Waals surface area contributed by atoms with Crippen LogP contribution in [-0.2, 0) is 5.41 Å². The molecule has 146 valence electrons. The summed E-state index contributed by atoms with van der Waals surface area (Å²) in [6, 6.07) is 31.9. The molecule has 3 aromatic carbocycles. The molecule has 0 saturated heterocycles. The van der Waals surface area contributed by atoms with Crippen molar-refractivity contribution in [2.45, 2.75) is 46.0 Å². The number of hydrogen-bond acceptors (Lipinski definition) is 0. The number of aryl methyl sites for hydroxylation is 1. The van der Waals surface area contributed by atoms with E-state index in [-0.39, 0.29) is 5.41 Å². The summed E-state index contributed by atoms with van der Waals surface area (Å²) in [7, 11) is -1.52. The molecule has 0 N–H and O–H groups in total. The normalized spacial score (nSPS) is 12.1. The lowest BCUT2D eigenvalue weighted by molar-refractivity contribution is 0.596. The third kappa shape index (κ3) is 4.56. The molecular formula is C27H34P+. The van der Waals surface area contributed by atoms with Crippen molar-refractivity contribution in [3.8, 4) is 0 Å². The first-order valence-electron chi connectivity index (χ1n) is 10.5. The fourth-order valence-corrected chi connectivity index (χ4v) is 9.51. The summed E-state index contributed by atoms with van der Waals surface area (Å²) in [6.07, 6.45) is 5.01. The zero-order valence-corrected chi connectivity index (χ0v) is 18.8. The molecule has 0 aliphatic heterocycles. The Morgan fingerprint density at radius 3 is 1.68 bits per heavy atom. The molecule has 0 nitrogen and oxygen atoms in total. The van der Waals surface area contributed by atoms with Crippen LogP contribution in [0.3, 0.4) is 0 Å². The lowest BCUT2D eigenvalue weighted by Crippen LogP contribution is -2.35. The van der Waals surface area contributed by atoms with E-state index in [1.54, 1.807) is 10.6 Å². The Morgan fingerprint density at radius 2 is 1.21 bits per heavy atom. The van der Waals surface area contributed by atoms with Crippen LogP contribution >= 0.6 is 7.26 Å². The van der Waals surface area contributed by atoms with E-state index in [2.05, 4.69) is 113 Å². The van der Waals surface area contributed by atoms with Gasteiger partial charge in [0.1, 0.15) is 0 Å². The van der Waals surface area contributed by atoms with Crippen molar-refractivity contribution in [1.29, 1.82) is 0 Å².